The van der Waals surface area contributed by atoms with E-state index in [1.54, 1.807) is 11.3 Å². The minimum Gasteiger partial charge on any atom is -0.376 e. The Kier molecular flexibility index (Phi) is 8.98. The van der Waals surface area contributed by atoms with E-state index in [-0.39, 0.29) is 24.0 Å². The van der Waals surface area contributed by atoms with Crippen molar-refractivity contribution in [1.82, 2.24) is 15.2 Å². The molecule has 1 unspecified atom stereocenters. The van der Waals surface area contributed by atoms with Crippen LogP contribution in [0, 0.1) is 19.8 Å². The summed E-state index contributed by atoms with van der Waals surface area (Å²) in [6.07, 6.45) is 1.15. The number of nitrogens with zero attached hydrogens (tertiary/aromatic N) is 3. The summed E-state index contributed by atoms with van der Waals surface area (Å²) < 4.78 is 5.92. The van der Waals surface area contributed by atoms with E-state index >= 15 is 0 Å². The Morgan fingerprint density at radius 1 is 1.33 bits per heavy atom. The lowest BCUT2D eigenvalue weighted by Crippen LogP contribution is -2.39. The third-order valence-electron chi connectivity index (χ3n) is 4.67. The number of aliphatic imine (C=N–C) groups is 1. The van der Waals surface area contributed by atoms with Gasteiger partial charge in [-0.15, -0.1) is 35.3 Å². The first-order valence-electron chi connectivity index (χ1n) is 9.16. The second-order valence-corrected chi connectivity index (χ2v) is 8.03. The predicted octanol–water partition coefficient (Wildman–Crippen LogP) is 3.99. The van der Waals surface area contributed by atoms with Gasteiger partial charge in [-0.2, -0.15) is 0 Å². The lowest BCUT2D eigenvalue weighted by atomic mass is 10.1. The van der Waals surface area contributed by atoms with Gasteiger partial charge in [0.15, 0.2) is 5.96 Å². The number of halogens is 1. The highest BCUT2D eigenvalue weighted by Crippen LogP contribution is 2.19. The molecule has 0 spiro atoms. The molecule has 1 atom stereocenters. The highest BCUT2D eigenvalue weighted by Gasteiger charge is 2.25. The van der Waals surface area contributed by atoms with Gasteiger partial charge in [-0.25, -0.2) is 4.98 Å². The van der Waals surface area contributed by atoms with E-state index in [0.29, 0.717) is 12.5 Å². The fourth-order valence-corrected chi connectivity index (χ4v) is 4.18. The van der Waals surface area contributed by atoms with Gasteiger partial charge in [0.2, 0.25) is 0 Å². The number of nitrogens with one attached hydrogen (secondary N) is 1. The third-order valence-corrected chi connectivity index (χ3v) is 5.74. The van der Waals surface area contributed by atoms with Crippen LogP contribution in [0.5, 0.6) is 0 Å². The molecule has 3 rings (SSSR count). The van der Waals surface area contributed by atoms with Gasteiger partial charge in [0.05, 0.1) is 30.5 Å². The van der Waals surface area contributed by atoms with E-state index < -0.39 is 0 Å². The van der Waals surface area contributed by atoms with Crippen LogP contribution in [0.1, 0.15) is 27.6 Å². The van der Waals surface area contributed by atoms with Gasteiger partial charge in [0.25, 0.3) is 0 Å². The van der Waals surface area contributed by atoms with Gasteiger partial charge in [-0.3, -0.25) is 4.99 Å². The molecule has 2 heterocycles. The van der Waals surface area contributed by atoms with Crippen molar-refractivity contribution in [2.24, 2.45) is 10.9 Å². The number of likely N-dealkylation sites (tertiary alicyclic amines) is 1. The molecule has 1 aromatic heterocycles. The third kappa shape index (κ3) is 6.43. The van der Waals surface area contributed by atoms with Crippen LogP contribution in [0.3, 0.4) is 0 Å². The van der Waals surface area contributed by atoms with Crippen LogP contribution in [0.15, 0.2) is 35.3 Å². The number of hydrogen-bond acceptors (Lipinski definition) is 4. The van der Waals surface area contributed by atoms with E-state index in [9.17, 15) is 0 Å². The second kappa shape index (κ2) is 11.0. The summed E-state index contributed by atoms with van der Waals surface area (Å²) in [6.45, 7) is 8.42. The van der Waals surface area contributed by atoms with Crippen molar-refractivity contribution in [3.63, 3.8) is 0 Å². The molecule has 0 radical (unpaired) electrons. The zero-order valence-corrected chi connectivity index (χ0v) is 19.4. The standard InChI is InChI=1S/C20H28N4OS.HI/c1-15-19(26-16(2)23-15)11-22-20(21-3)24-10-9-18(12-24)14-25-13-17-7-5-4-6-8-17;/h4-8,18H,9-14H2,1-3H3,(H,21,22);1H. The molecule has 0 aliphatic carbocycles. The quantitative estimate of drug-likeness (QED) is 0.370. The van der Waals surface area contributed by atoms with Crippen LogP contribution in [-0.2, 0) is 17.9 Å². The minimum atomic E-state index is 0. The van der Waals surface area contributed by atoms with Crippen molar-refractivity contribution in [3.8, 4) is 0 Å². The zero-order valence-electron chi connectivity index (χ0n) is 16.3. The molecule has 27 heavy (non-hydrogen) atoms. The van der Waals surface area contributed by atoms with Crippen molar-refractivity contribution in [2.45, 2.75) is 33.4 Å². The van der Waals surface area contributed by atoms with Gasteiger partial charge in [0.1, 0.15) is 0 Å². The average molecular weight is 500 g/mol. The molecule has 2 aromatic rings. The van der Waals surface area contributed by atoms with Gasteiger partial charge in [0, 0.05) is 30.9 Å². The molecule has 1 fully saturated rings. The van der Waals surface area contributed by atoms with Crippen molar-refractivity contribution >= 4 is 41.3 Å². The van der Waals surface area contributed by atoms with Crippen LogP contribution >= 0.6 is 35.3 Å². The maximum Gasteiger partial charge on any atom is 0.193 e. The first-order chi connectivity index (χ1) is 12.7. The van der Waals surface area contributed by atoms with Crippen LogP contribution in [0.2, 0.25) is 0 Å². The van der Waals surface area contributed by atoms with E-state index in [2.05, 4.69) is 58.3 Å². The van der Waals surface area contributed by atoms with E-state index in [0.717, 1.165) is 49.3 Å². The summed E-state index contributed by atoms with van der Waals surface area (Å²) in [4.78, 5) is 12.6. The molecule has 1 aliphatic rings. The number of rotatable bonds is 6. The Balaban J connectivity index is 0.00000261. The Bertz CT molecular complexity index is 735. The molecular weight excluding hydrogens is 471 g/mol. The molecule has 148 valence electrons. The Labute approximate surface area is 183 Å². The maximum atomic E-state index is 5.92. The molecule has 7 heteroatoms. The zero-order chi connectivity index (χ0) is 18.4. The molecule has 1 saturated heterocycles. The van der Waals surface area contributed by atoms with Gasteiger partial charge in [-0.05, 0) is 25.8 Å². The Hall–Kier alpha value is -1.19. The molecule has 1 aromatic carbocycles. The molecule has 0 amide bonds. The van der Waals surface area contributed by atoms with E-state index in [1.807, 2.05) is 13.1 Å². The number of thiazole rings is 1. The summed E-state index contributed by atoms with van der Waals surface area (Å²) in [7, 11) is 1.85. The van der Waals surface area contributed by atoms with Crippen LogP contribution in [0.25, 0.3) is 0 Å². The SMILES string of the molecule is CN=C(NCc1sc(C)nc1C)N1CCC(COCc2ccccc2)C1.I. The van der Waals surface area contributed by atoms with E-state index in [1.165, 1.54) is 10.4 Å². The van der Waals surface area contributed by atoms with Crippen molar-refractivity contribution < 1.29 is 4.74 Å². The number of hydrogen-bond donors (Lipinski definition) is 1. The molecule has 5 nitrogen and oxygen atoms in total. The Morgan fingerprint density at radius 2 is 2.11 bits per heavy atom. The lowest BCUT2D eigenvalue weighted by molar-refractivity contribution is 0.0906. The monoisotopic (exact) mass is 500 g/mol. The summed E-state index contributed by atoms with van der Waals surface area (Å²) >= 11 is 1.75. The van der Waals surface area contributed by atoms with Gasteiger partial charge < -0.3 is 15.0 Å². The summed E-state index contributed by atoms with van der Waals surface area (Å²) in [6, 6.07) is 10.4. The number of ether oxygens (including phenoxy) is 1. The van der Waals surface area contributed by atoms with Crippen LogP contribution < -0.4 is 5.32 Å². The molecule has 0 bridgehead atoms. The highest BCUT2D eigenvalue weighted by molar-refractivity contribution is 14.0. The summed E-state index contributed by atoms with van der Waals surface area (Å²) in [5.41, 5.74) is 2.35. The van der Waals surface area contributed by atoms with Crippen molar-refractivity contribution in [1.29, 1.82) is 0 Å². The topological polar surface area (TPSA) is 49.8 Å². The molecule has 1 N–H and O–H groups in total. The first-order valence-corrected chi connectivity index (χ1v) is 9.97. The molecular formula is C20H29IN4OS. The normalized spacial score (nSPS) is 17.1. The minimum absolute atomic E-state index is 0. The number of benzene rings is 1. The number of aromatic nitrogens is 1. The Morgan fingerprint density at radius 3 is 2.78 bits per heavy atom. The predicted molar refractivity (Wildman–Crippen MR) is 123 cm³/mol. The second-order valence-electron chi connectivity index (χ2n) is 6.74. The smallest absolute Gasteiger partial charge is 0.193 e. The van der Waals surface area contributed by atoms with Crippen LogP contribution in [-0.4, -0.2) is 42.6 Å². The maximum absolute atomic E-state index is 5.92. The fourth-order valence-electron chi connectivity index (χ4n) is 3.31. The van der Waals surface area contributed by atoms with Crippen LogP contribution in [0.4, 0.5) is 0 Å². The highest BCUT2D eigenvalue weighted by atomic mass is 127. The average Bonchev–Trinajstić information content (AvgIpc) is 3.23. The van der Waals surface area contributed by atoms with Gasteiger partial charge in [-0.1, -0.05) is 30.3 Å². The van der Waals surface area contributed by atoms with Crippen molar-refractivity contribution in [3.05, 3.63) is 51.5 Å². The molecule has 1 aliphatic heterocycles. The van der Waals surface area contributed by atoms with Gasteiger partial charge >= 0.3 is 0 Å². The number of guanidine groups is 1. The van der Waals surface area contributed by atoms with E-state index in [4.69, 9.17) is 4.74 Å². The van der Waals surface area contributed by atoms with Crippen molar-refractivity contribution in [2.75, 3.05) is 26.7 Å². The number of aryl methyl sites for hydroxylation is 2. The first kappa shape index (κ1) is 22.1. The molecule has 0 saturated carbocycles. The lowest BCUT2D eigenvalue weighted by Gasteiger charge is -2.21. The summed E-state index contributed by atoms with van der Waals surface area (Å²) in [5, 5.41) is 4.61. The summed E-state index contributed by atoms with van der Waals surface area (Å²) in [5.74, 6) is 1.53. The largest absolute Gasteiger partial charge is 0.376 e. The fraction of sp³-hybridized carbons (Fsp3) is 0.500.